The molecule has 4 rings (SSSR count). The van der Waals surface area contributed by atoms with Crippen LogP contribution in [-0.4, -0.2) is 11.9 Å². The number of nitrogens with zero attached hydrogens (tertiary/aromatic N) is 1. The van der Waals surface area contributed by atoms with Crippen molar-refractivity contribution in [3.05, 3.63) is 22.2 Å². The third kappa shape index (κ3) is 1.58. The number of hydrogen-bond acceptors (Lipinski definition) is 4. The number of ether oxygens (including phenoxy) is 2. The number of fused-ring (bicyclic) bond motifs is 1. The average molecular weight is 322 g/mol. The molecule has 0 aromatic heterocycles. The molecule has 0 bridgehead atoms. The summed E-state index contributed by atoms with van der Waals surface area (Å²) >= 11 is 3.55. The summed E-state index contributed by atoms with van der Waals surface area (Å²) < 4.78 is 12.8. The molecule has 1 aromatic rings. The van der Waals surface area contributed by atoms with Crippen molar-refractivity contribution in [3.8, 4) is 11.5 Å². The van der Waals surface area contributed by atoms with Gasteiger partial charge < -0.3 is 9.47 Å². The van der Waals surface area contributed by atoms with Crippen LogP contribution in [0.1, 0.15) is 37.7 Å². The van der Waals surface area contributed by atoms with Gasteiger partial charge in [0.25, 0.3) is 5.79 Å². The summed E-state index contributed by atoms with van der Waals surface area (Å²) in [5.74, 6) is 1.12. The van der Waals surface area contributed by atoms with E-state index in [1.54, 1.807) is 6.08 Å². The van der Waals surface area contributed by atoms with E-state index >= 15 is 0 Å². The molecule has 0 atom stereocenters. The Bertz CT molecular complexity index is 613. The Morgan fingerprint density at radius 2 is 1.84 bits per heavy atom. The van der Waals surface area contributed by atoms with Gasteiger partial charge in [-0.15, -0.1) is 0 Å². The summed E-state index contributed by atoms with van der Waals surface area (Å²) in [4.78, 5) is 14.5. The van der Waals surface area contributed by atoms with Gasteiger partial charge in [-0.2, -0.15) is 4.99 Å². The molecule has 0 unspecified atom stereocenters. The van der Waals surface area contributed by atoms with Crippen LogP contribution in [-0.2, 0) is 10.3 Å². The number of benzene rings is 1. The number of isocyanates is 1. The minimum atomic E-state index is -0.426. The highest BCUT2D eigenvalue weighted by Gasteiger charge is 2.50. The monoisotopic (exact) mass is 321 g/mol. The number of hydrogen-bond donors (Lipinski definition) is 0. The number of halogens is 1. The van der Waals surface area contributed by atoms with E-state index in [4.69, 9.17) is 9.47 Å². The van der Waals surface area contributed by atoms with Gasteiger partial charge in [-0.1, -0.05) is 15.9 Å². The van der Waals surface area contributed by atoms with Gasteiger partial charge in [0.05, 0.1) is 5.54 Å². The second-order valence-corrected chi connectivity index (χ2v) is 6.34. The SMILES string of the molecule is O=C=NC1(c2cc3c(cc2Br)OC2(CCC2)O3)CC1. The first-order valence-corrected chi connectivity index (χ1v) is 7.27. The molecule has 19 heavy (non-hydrogen) atoms. The van der Waals surface area contributed by atoms with E-state index in [9.17, 15) is 4.79 Å². The lowest BCUT2D eigenvalue weighted by atomic mass is 9.91. The standard InChI is InChI=1S/C14H12BrNO3/c15-10-7-12-11(18-14(19-12)2-1-3-14)6-9(10)13(4-5-13)16-8-17/h6-7H,1-5H2. The van der Waals surface area contributed by atoms with E-state index in [0.717, 1.165) is 53.6 Å². The molecule has 1 spiro atoms. The number of carbonyl (C=O) groups excluding carboxylic acids is 1. The van der Waals surface area contributed by atoms with Crippen LogP contribution in [0.5, 0.6) is 11.5 Å². The maximum atomic E-state index is 10.6. The van der Waals surface area contributed by atoms with Crippen LogP contribution in [0.2, 0.25) is 0 Å². The van der Waals surface area contributed by atoms with Crippen molar-refractivity contribution in [1.82, 2.24) is 0 Å². The first-order valence-electron chi connectivity index (χ1n) is 6.48. The van der Waals surface area contributed by atoms with E-state index < -0.39 is 11.3 Å². The fourth-order valence-corrected chi connectivity index (χ4v) is 3.48. The molecule has 1 aliphatic heterocycles. The highest BCUT2D eigenvalue weighted by atomic mass is 79.9. The molecule has 0 radical (unpaired) electrons. The Morgan fingerprint density at radius 3 is 2.37 bits per heavy atom. The summed E-state index contributed by atoms with van der Waals surface area (Å²) in [6.45, 7) is 0. The molecule has 0 N–H and O–H groups in total. The first-order chi connectivity index (χ1) is 9.16. The molecule has 2 saturated carbocycles. The van der Waals surface area contributed by atoms with Gasteiger partial charge in [0.15, 0.2) is 11.5 Å². The van der Waals surface area contributed by atoms with E-state index in [1.807, 2.05) is 12.1 Å². The van der Waals surface area contributed by atoms with Gasteiger partial charge in [0, 0.05) is 17.3 Å². The van der Waals surface area contributed by atoms with E-state index in [1.165, 1.54) is 0 Å². The van der Waals surface area contributed by atoms with Crippen LogP contribution in [0.25, 0.3) is 0 Å². The van der Waals surface area contributed by atoms with Crippen LogP contribution in [0.15, 0.2) is 21.6 Å². The van der Waals surface area contributed by atoms with E-state index in [-0.39, 0.29) is 0 Å². The summed E-state index contributed by atoms with van der Waals surface area (Å²) in [5, 5.41) is 0. The second kappa shape index (κ2) is 3.62. The minimum absolute atomic E-state index is 0.395. The topological polar surface area (TPSA) is 47.9 Å². The lowest BCUT2D eigenvalue weighted by Crippen LogP contribution is -2.45. The summed E-state index contributed by atoms with van der Waals surface area (Å²) in [7, 11) is 0. The summed E-state index contributed by atoms with van der Waals surface area (Å²) in [6.07, 6.45) is 6.46. The largest absolute Gasteiger partial charge is 0.448 e. The minimum Gasteiger partial charge on any atom is -0.448 e. The van der Waals surface area contributed by atoms with Crippen molar-refractivity contribution in [2.45, 2.75) is 43.4 Å². The molecule has 4 nitrogen and oxygen atoms in total. The summed E-state index contributed by atoms with van der Waals surface area (Å²) in [5.41, 5.74) is 0.600. The summed E-state index contributed by atoms with van der Waals surface area (Å²) in [6, 6.07) is 3.89. The van der Waals surface area contributed by atoms with Gasteiger partial charge in [0.2, 0.25) is 6.08 Å². The highest BCUT2D eigenvalue weighted by Crippen LogP contribution is 2.56. The lowest BCUT2D eigenvalue weighted by molar-refractivity contribution is -0.138. The maximum absolute atomic E-state index is 10.6. The Balaban J connectivity index is 1.76. The van der Waals surface area contributed by atoms with E-state index in [2.05, 4.69) is 20.9 Å². The van der Waals surface area contributed by atoms with Crippen molar-refractivity contribution in [1.29, 1.82) is 0 Å². The zero-order chi connectivity index (χ0) is 13.1. The molecule has 5 heteroatoms. The van der Waals surface area contributed by atoms with Crippen molar-refractivity contribution < 1.29 is 14.3 Å². The van der Waals surface area contributed by atoms with Crippen LogP contribution >= 0.6 is 15.9 Å². The molecule has 2 aliphatic carbocycles. The Morgan fingerprint density at radius 1 is 1.16 bits per heavy atom. The van der Waals surface area contributed by atoms with Gasteiger partial charge >= 0.3 is 0 Å². The quantitative estimate of drug-likeness (QED) is 0.619. The van der Waals surface area contributed by atoms with Crippen molar-refractivity contribution in [2.24, 2.45) is 4.99 Å². The zero-order valence-corrected chi connectivity index (χ0v) is 11.8. The maximum Gasteiger partial charge on any atom is 0.251 e. The Labute approximate surface area is 118 Å². The van der Waals surface area contributed by atoms with Crippen LogP contribution in [0.4, 0.5) is 0 Å². The van der Waals surface area contributed by atoms with Gasteiger partial charge in [-0.25, -0.2) is 4.79 Å². The van der Waals surface area contributed by atoms with Crippen LogP contribution in [0.3, 0.4) is 0 Å². The predicted molar refractivity (Wildman–Crippen MR) is 71.0 cm³/mol. The van der Waals surface area contributed by atoms with Gasteiger partial charge in [-0.05, 0) is 37.0 Å². The molecule has 1 aromatic carbocycles. The molecule has 98 valence electrons. The van der Waals surface area contributed by atoms with Crippen LogP contribution in [0, 0.1) is 0 Å². The smallest absolute Gasteiger partial charge is 0.251 e. The van der Waals surface area contributed by atoms with E-state index in [0.29, 0.717) is 0 Å². The molecule has 3 aliphatic rings. The van der Waals surface area contributed by atoms with Gasteiger partial charge in [-0.3, -0.25) is 0 Å². The molecule has 1 heterocycles. The predicted octanol–water partition coefficient (Wildman–Crippen LogP) is 3.43. The number of aliphatic imine (C=N–C) groups is 1. The molecular formula is C14H12BrNO3. The van der Waals surface area contributed by atoms with Crippen molar-refractivity contribution in [3.63, 3.8) is 0 Å². The third-order valence-electron chi connectivity index (χ3n) is 4.23. The Kier molecular flexibility index (Phi) is 2.19. The first kappa shape index (κ1) is 11.5. The van der Waals surface area contributed by atoms with Gasteiger partial charge in [0.1, 0.15) is 0 Å². The highest BCUT2D eigenvalue weighted by molar-refractivity contribution is 9.10. The third-order valence-corrected chi connectivity index (χ3v) is 4.88. The van der Waals surface area contributed by atoms with Crippen molar-refractivity contribution in [2.75, 3.05) is 0 Å². The second-order valence-electron chi connectivity index (χ2n) is 5.48. The normalized spacial score (nSPS) is 23.6. The Hall–Kier alpha value is -1.32. The fourth-order valence-electron chi connectivity index (χ4n) is 2.79. The molecule has 0 saturated heterocycles. The zero-order valence-electron chi connectivity index (χ0n) is 10.2. The fraction of sp³-hybridized carbons (Fsp3) is 0.500. The number of rotatable bonds is 2. The molecular weight excluding hydrogens is 310 g/mol. The van der Waals surface area contributed by atoms with Crippen LogP contribution < -0.4 is 9.47 Å². The molecule has 2 fully saturated rings. The average Bonchev–Trinajstić information content (AvgIpc) is 3.00. The lowest BCUT2D eigenvalue weighted by Gasteiger charge is -2.35. The van der Waals surface area contributed by atoms with Crippen molar-refractivity contribution >= 4 is 22.0 Å². The molecule has 0 amide bonds.